The summed E-state index contributed by atoms with van der Waals surface area (Å²) < 4.78 is 6.22. The minimum absolute atomic E-state index is 0.162. The summed E-state index contributed by atoms with van der Waals surface area (Å²) in [5, 5.41) is 2.88. The summed E-state index contributed by atoms with van der Waals surface area (Å²) in [7, 11) is 0. The molecule has 0 atom stereocenters. The summed E-state index contributed by atoms with van der Waals surface area (Å²) in [6.45, 7) is 3.74. The number of nitrogens with one attached hydrogen (secondary N) is 1. The third kappa shape index (κ3) is 2.69. The van der Waals surface area contributed by atoms with E-state index in [4.69, 9.17) is 4.42 Å². The Kier molecular flexibility index (Phi) is 3.51. The molecule has 1 N–H and O–H groups in total. The van der Waals surface area contributed by atoms with E-state index in [1.807, 2.05) is 19.1 Å². The predicted molar refractivity (Wildman–Crippen MR) is 85.6 cm³/mol. The van der Waals surface area contributed by atoms with Gasteiger partial charge in [0.1, 0.15) is 5.52 Å². The molecule has 0 unspecified atom stereocenters. The number of hydrogen-bond donors (Lipinski definition) is 1. The van der Waals surface area contributed by atoms with Crippen LogP contribution in [0.1, 0.15) is 21.8 Å². The topological polar surface area (TPSA) is 55.1 Å². The Morgan fingerprint density at radius 3 is 2.86 bits per heavy atom. The molecule has 0 fully saturated rings. The highest BCUT2D eigenvalue weighted by molar-refractivity contribution is 9.10. The van der Waals surface area contributed by atoms with Gasteiger partial charge in [0.15, 0.2) is 11.5 Å². The van der Waals surface area contributed by atoms with E-state index in [2.05, 4.69) is 26.2 Å². The van der Waals surface area contributed by atoms with Crippen LogP contribution in [-0.2, 0) is 0 Å². The van der Waals surface area contributed by atoms with Crippen LogP contribution in [0.2, 0.25) is 0 Å². The molecule has 0 spiro atoms. The summed E-state index contributed by atoms with van der Waals surface area (Å²) in [6.07, 6.45) is 0. The number of amides is 1. The number of anilines is 1. The van der Waals surface area contributed by atoms with Gasteiger partial charge in [-0.2, -0.15) is 0 Å². The van der Waals surface area contributed by atoms with Crippen molar-refractivity contribution in [2.75, 3.05) is 5.32 Å². The number of carbonyl (C=O) groups excluding carboxylic acids is 1. The molecule has 21 heavy (non-hydrogen) atoms. The summed E-state index contributed by atoms with van der Waals surface area (Å²) in [5.74, 6) is 0.444. The molecule has 3 rings (SSSR count). The normalized spacial score (nSPS) is 10.8. The number of fused-ring (bicyclic) bond motifs is 1. The Hall–Kier alpha value is -2.14. The molecule has 0 saturated heterocycles. The average molecular weight is 345 g/mol. The van der Waals surface area contributed by atoms with E-state index in [-0.39, 0.29) is 5.91 Å². The maximum atomic E-state index is 12.3. The van der Waals surface area contributed by atoms with Gasteiger partial charge in [-0.15, -0.1) is 0 Å². The predicted octanol–water partition coefficient (Wildman–Crippen LogP) is 4.46. The van der Waals surface area contributed by atoms with Gasteiger partial charge in [-0.3, -0.25) is 4.79 Å². The highest BCUT2D eigenvalue weighted by atomic mass is 79.9. The highest BCUT2D eigenvalue weighted by Crippen LogP contribution is 2.24. The van der Waals surface area contributed by atoms with Crippen molar-refractivity contribution >= 4 is 38.6 Å². The molecule has 0 radical (unpaired) electrons. The molecule has 0 bridgehead atoms. The second-order valence-corrected chi connectivity index (χ2v) is 5.60. The molecule has 1 amide bonds. The Morgan fingerprint density at radius 2 is 2.05 bits per heavy atom. The van der Waals surface area contributed by atoms with E-state index < -0.39 is 0 Å². The molecule has 1 aromatic heterocycles. The number of benzene rings is 2. The van der Waals surface area contributed by atoms with Gasteiger partial charge in [-0.1, -0.05) is 12.1 Å². The Bertz CT molecular complexity index is 839. The van der Waals surface area contributed by atoms with Crippen molar-refractivity contribution in [3.05, 3.63) is 57.9 Å². The number of rotatable bonds is 2. The molecule has 3 aromatic rings. The molecule has 5 heteroatoms. The molecule has 0 aliphatic heterocycles. The lowest BCUT2D eigenvalue weighted by molar-refractivity contribution is 0.102. The van der Waals surface area contributed by atoms with Crippen molar-refractivity contribution in [1.29, 1.82) is 0 Å². The molecule has 1 heterocycles. The standard InChI is InChI=1S/C16H13BrN2O2/c1-9-4-3-5-12(15(9)17)16(20)19-11-6-7-14-13(8-11)18-10(2)21-14/h3-8H,1-2H3,(H,19,20). The first-order chi connectivity index (χ1) is 10.0. The summed E-state index contributed by atoms with van der Waals surface area (Å²) in [6, 6.07) is 11.0. The third-order valence-electron chi connectivity index (χ3n) is 3.19. The minimum atomic E-state index is -0.162. The SMILES string of the molecule is Cc1nc2cc(NC(=O)c3cccc(C)c3Br)ccc2o1. The van der Waals surface area contributed by atoms with Crippen molar-refractivity contribution in [2.45, 2.75) is 13.8 Å². The van der Waals surface area contributed by atoms with Gasteiger partial charge in [0.2, 0.25) is 0 Å². The maximum Gasteiger partial charge on any atom is 0.256 e. The zero-order chi connectivity index (χ0) is 15.0. The molecule has 0 saturated carbocycles. The van der Waals surface area contributed by atoms with Gasteiger partial charge in [-0.05, 0) is 52.7 Å². The minimum Gasteiger partial charge on any atom is -0.441 e. The second-order valence-electron chi connectivity index (χ2n) is 4.81. The van der Waals surface area contributed by atoms with Gasteiger partial charge >= 0.3 is 0 Å². The summed E-state index contributed by atoms with van der Waals surface area (Å²) in [4.78, 5) is 16.6. The molecular weight excluding hydrogens is 332 g/mol. The lowest BCUT2D eigenvalue weighted by atomic mass is 10.1. The van der Waals surface area contributed by atoms with Crippen LogP contribution in [-0.4, -0.2) is 10.9 Å². The number of carbonyl (C=O) groups is 1. The monoisotopic (exact) mass is 344 g/mol. The second kappa shape index (κ2) is 5.33. The van der Waals surface area contributed by atoms with Gasteiger partial charge in [0.25, 0.3) is 5.91 Å². The zero-order valence-corrected chi connectivity index (χ0v) is 13.2. The number of halogens is 1. The van der Waals surface area contributed by atoms with Crippen LogP contribution in [0.4, 0.5) is 5.69 Å². The highest BCUT2D eigenvalue weighted by Gasteiger charge is 2.12. The first-order valence-corrected chi connectivity index (χ1v) is 7.27. The van der Waals surface area contributed by atoms with Crippen LogP contribution in [0.3, 0.4) is 0 Å². The molecule has 2 aromatic carbocycles. The van der Waals surface area contributed by atoms with Crippen LogP contribution < -0.4 is 5.32 Å². The van der Waals surface area contributed by atoms with E-state index in [0.29, 0.717) is 22.7 Å². The smallest absolute Gasteiger partial charge is 0.256 e. The summed E-state index contributed by atoms with van der Waals surface area (Å²) >= 11 is 3.45. The largest absolute Gasteiger partial charge is 0.441 e. The van der Waals surface area contributed by atoms with Crippen molar-refractivity contribution in [1.82, 2.24) is 4.98 Å². The molecule has 0 aliphatic rings. The van der Waals surface area contributed by atoms with Crippen molar-refractivity contribution in [3.63, 3.8) is 0 Å². The van der Waals surface area contributed by atoms with Gasteiger partial charge in [0, 0.05) is 17.1 Å². The van der Waals surface area contributed by atoms with Gasteiger partial charge in [-0.25, -0.2) is 4.98 Å². The first kappa shape index (κ1) is 13.8. The number of nitrogens with zero attached hydrogens (tertiary/aromatic N) is 1. The molecule has 106 valence electrons. The lowest BCUT2D eigenvalue weighted by Gasteiger charge is -2.08. The first-order valence-electron chi connectivity index (χ1n) is 6.48. The fraction of sp³-hybridized carbons (Fsp3) is 0.125. The number of oxazole rings is 1. The fourth-order valence-electron chi connectivity index (χ4n) is 2.14. The molecule has 4 nitrogen and oxygen atoms in total. The van der Waals surface area contributed by atoms with Crippen LogP contribution in [0.25, 0.3) is 11.1 Å². The Morgan fingerprint density at radius 1 is 1.24 bits per heavy atom. The van der Waals surface area contributed by atoms with E-state index in [0.717, 1.165) is 15.6 Å². The van der Waals surface area contributed by atoms with Crippen molar-refractivity contribution in [3.8, 4) is 0 Å². The average Bonchev–Trinajstić information content (AvgIpc) is 2.81. The van der Waals surface area contributed by atoms with E-state index >= 15 is 0 Å². The maximum absolute atomic E-state index is 12.3. The molecule has 0 aliphatic carbocycles. The Labute approximate surface area is 130 Å². The van der Waals surface area contributed by atoms with E-state index in [9.17, 15) is 4.79 Å². The molecular formula is C16H13BrN2O2. The van der Waals surface area contributed by atoms with E-state index in [1.54, 1.807) is 31.2 Å². The lowest BCUT2D eigenvalue weighted by Crippen LogP contribution is -2.12. The van der Waals surface area contributed by atoms with Gasteiger partial charge < -0.3 is 9.73 Å². The number of hydrogen-bond acceptors (Lipinski definition) is 3. The van der Waals surface area contributed by atoms with Gasteiger partial charge in [0.05, 0.1) is 5.56 Å². The zero-order valence-electron chi connectivity index (χ0n) is 11.6. The fourth-order valence-corrected chi connectivity index (χ4v) is 2.59. The van der Waals surface area contributed by atoms with Crippen LogP contribution in [0.5, 0.6) is 0 Å². The van der Waals surface area contributed by atoms with Crippen LogP contribution in [0.15, 0.2) is 45.3 Å². The number of aromatic nitrogens is 1. The van der Waals surface area contributed by atoms with E-state index in [1.165, 1.54) is 0 Å². The third-order valence-corrected chi connectivity index (χ3v) is 4.24. The van der Waals surface area contributed by atoms with Crippen LogP contribution in [0, 0.1) is 13.8 Å². The Balaban J connectivity index is 1.90. The van der Waals surface area contributed by atoms with Crippen molar-refractivity contribution < 1.29 is 9.21 Å². The quantitative estimate of drug-likeness (QED) is 0.746. The van der Waals surface area contributed by atoms with Crippen LogP contribution >= 0.6 is 15.9 Å². The number of aryl methyl sites for hydroxylation is 2. The summed E-state index contributed by atoms with van der Waals surface area (Å²) in [5.41, 5.74) is 3.75. The van der Waals surface area contributed by atoms with Crippen molar-refractivity contribution in [2.24, 2.45) is 0 Å².